The molecule has 1 rings (SSSR count). The van der Waals surface area contributed by atoms with Gasteiger partial charge in [-0.15, -0.1) is 0 Å². The second-order valence-corrected chi connectivity index (χ2v) is 4.78. The van der Waals surface area contributed by atoms with Crippen LogP contribution in [0.4, 0.5) is 4.39 Å². The molecule has 0 N–H and O–H groups in total. The minimum absolute atomic E-state index is 0.0950. The highest BCUT2D eigenvalue weighted by Crippen LogP contribution is 2.10. The number of esters is 1. The minimum Gasteiger partial charge on any atom is -0.465 e. The van der Waals surface area contributed by atoms with Gasteiger partial charge in [0, 0.05) is 12.5 Å². The fourth-order valence-electron chi connectivity index (χ4n) is 1.75. The molecule has 0 atom stereocenters. The summed E-state index contributed by atoms with van der Waals surface area (Å²) in [5.41, 5.74) is 0.768. The van der Waals surface area contributed by atoms with Crippen molar-refractivity contribution in [2.45, 2.75) is 27.3 Å². The van der Waals surface area contributed by atoms with Crippen LogP contribution in [0.5, 0.6) is 0 Å². The monoisotopic (exact) mass is 281 g/mol. The van der Waals surface area contributed by atoms with Crippen molar-refractivity contribution >= 4 is 11.9 Å². The number of benzene rings is 1. The van der Waals surface area contributed by atoms with Crippen LogP contribution in [0.15, 0.2) is 24.3 Å². The van der Waals surface area contributed by atoms with Crippen molar-refractivity contribution in [1.82, 2.24) is 4.90 Å². The molecular weight excluding hydrogens is 261 g/mol. The van der Waals surface area contributed by atoms with Crippen LogP contribution in [0.25, 0.3) is 0 Å². The Balaban J connectivity index is 2.79. The Morgan fingerprint density at radius 3 is 2.35 bits per heavy atom. The van der Waals surface area contributed by atoms with Crippen molar-refractivity contribution in [2.75, 3.05) is 13.2 Å². The summed E-state index contributed by atoms with van der Waals surface area (Å²) in [7, 11) is 0. The predicted molar refractivity (Wildman–Crippen MR) is 73.3 cm³/mol. The highest BCUT2D eigenvalue weighted by Gasteiger charge is 2.20. The molecule has 0 bridgehead atoms. The van der Waals surface area contributed by atoms with Gasteiger partial charge in [-0.1, -0.05) is 26.0 Å². The lowest BCUT2D eigenvalue weighted by atomic mass is 10.1. The number of halogens is 1. The Hall–Kier alpha value is -1.91. The largest absolute Gasteiger partial charge is 0.465 e. The quantitative estimate of drug-likeness (QED) is 0.752. The molecule has 0 aliphatic rings. The maximum absolute atomic E-state index is 12.9. The summed E-state index contributed by atoms with van der Waals surface area (Å²) in [6.07, 6.45) is 0. The second-order valence-electron chi connectivity index (χ2n) is 4.78. The average molecular weight is 281 g/mol. The maximum Gasteiger partial charge on any atom is 0.325 e. The Morgan fingerprint density at radius 2 is 1.85 bits per heavy atom. The van der Waals surface area contributed by atoms with Crippen LogP contribution < -0.4 is 0 Å². The summed E-state index contributed by atoms with van der Waals surface area (Å²) in [5.74, 6) is -1.13. The van der Waals surface area contributed by atoms with E-state index in [4.69, 9.17) is 4.74 Å². The third-order valence-corrected chi connectivity index (χ3v) is 2.72. The Morgan fingerprint density at radius 1 is 1.25 bits per heavy atom. The molecule has 110 valence electrons. The van der Waals surface area contributed by atoms with E-state index in [-0.39, 0.29) is 37.3 Å². The van der Waals surface area contributed by atoms with Crippen LogP contribution in [0, 0.1) is 11.7 Å². The van der Waals surface area contributed by atoms with E-state index in [1.165, 1.54) is 17.0 Å². The van der Waals surface area contributed by atoms with Gasteiger partial charge in [-0.05, 0) is 24.6 Å². The van der Waals surface area contributed by atoms with Crippen molar-refractivity contribution in [3.8, 4) is 0 Å². The number of amides is 1. The first-order valence-corrected chi connectivity index (χ1v) is 6.63. The molecule has 4 nitrogen and oxygen atoms in total. The number of carbonyl (C=O) groups excluding carboxylic acids is 2. The van der Waals surface area contributed by atoms with Crippen molar-refractivity contribution in [3.05, 3.63) is 35.6 Å². The first kappa shape index (κ1) is 16.1. The van der Waals surface area contributed by atoms with E-state index in [0.29, 0.717) is 0 Å². The zero-order chi connectivity index (χ0) is 15.1. The van der Waals surface area contributed by atoms with E-state index in [0.717, 1.165) is 5.56 Å². The van der Waals surface area contributed by atoms with Crippen LogP contribution in [0.2, 0.25) is 0 Å². The van der Waals surface area contributed by atoms with Crippen LogP contribution in [-0.4, -0.2) is 29.9 Å². The van der Waals surface area contributed by atoms with E-state index in [2.05, 4.69) is 0 Å². The molecule has 0 fully saturated rings. The summed E-state index contributed by atoms with van der Waals surface area (Å²) in [6, 6.07) is 5.86. The van der Waals surface area contributed by atoms with E-state index >= 15 is 0 Å². The molecule has 20 heavy (non-hydrogen) atoms. The summed E-state index contributed by atoms with van der Waals surface area (Å²) >= 11 is 0. The zero-order valence-corrected chi connectivity index (χ0v) is 12.1. The van der Waals surface area contributed by atoms with Crippen molar-refractivity contribution in [1.29, 1.82) is 0 Å². The van der Waals surface area contributed by atoms with Gasteiger partial charge in [0.05, 0.1) is 6.61 Å². The van der Waals surface area contributed by atoms with Crippen LogP contribution in [0.3, 0.4) is 0 Å². The first-order chi connectivity index (χ1) is 9.43. The minimum atomic E-state index is -0.441. The predicted octanol–water partition coefficient (Wildman–Crippen LogP) is 2.37. The second kappa shape index (κ2) is 7.62. The Bertz CT molecular complexity index is 457. The third kappa shape index (κ3) is 4.99. The standard InChI is InChI=1S/C15H20FNO3/c1-4-20-14(18)10-17(15(19)11(2)3)9-12-5-7-13(16)8-6-12/h5-8,11H,4,9-10H2,1-3H3. The molecular formula is C15H20FNO3. The first-order valence-electron chi connectivity index (χ1n) is 6.63. The zero-order valence-electron chi connectivity index (χ0n) is 12.1. The van der Waals surface area contributed by atoms with Crippen molar-refractivity contribution < 1.29 is 18.7 Å². The molecule has 0 heterocycles. The van der Waals surface area contributed by atoms with Gasteiger partial charge >= 0.3 is 5.97 Å². The molecule has 0 aliphatic heterocycles. The van der Waals surface area contributed by atoms with Gasteiger partial charge in [-0.2, -0.15) is 0 Å². The van der Waals surface area contributed by atoms with Crippen LogP contribution in [-0.2, 0) is 20.9 Å². The highest BCUT2D eigenvalue weighted by molar-refractivity contribution is 5.83. The van der Waals surface area contributed by atoms with Gasteiger partial charge in [-0.25, -0.2) is 4.39 Å². The normalized spacial score (nSPS) is 10.4. The van der Waals surface area contributed by atoms with Crippen LogP contribution in [0.1, 0.15) is 26.3 Å². The van der Waals surface area contributed by atoms with Gasteiger partial charge in [0.1, 0.15) is 12.4 Å². The van der Waals surface area contributed by atoms with Gasteiger partial charge in [-0.3, -0.25) is 9.59 Å². The van der Waals surface area contributed by atoms with Gasteiger partial charge in [0.25, 0.3) is 0 Å². The Kier molecular flexibility index (Phi) is 6.15. The topological polar surface area (TPSA) is 46.6 Å². The average Bonchev–Trinajstić information content (AvgIpc) is 2.39. The van der Waals surface area contributed by atoms with Crippen LogP contribution >= 0.6 is 0 Å². The van der Waals surface area contributed by atoms with E-state index in [1.54, 1.807) is 32.9 Å². The molecule has 1 aromatic carbocycles. The molecule has 0 radical (unpaired) electrons. The van der Waals surface area contributed by atoms with Crippen molar-refractivity contribution in [3.63, 3.8) is 0 Å². The third-order valence-electron chi connectivity index (χ3n) is 2.72. The highest BCUT2D eigenvalue weighted by atomic mass is 19.1. The SMILES string of the molecule is CCOC(=O)CN(Cc1ccc(F)cc1)C(=O)C(C)C. The van der Waals surface area contributed by atoms with E-state index in [1.807, 2.05) is 0 Å². The lowest BCUT2D eigenvalue weighted by Gasteiger charge is -2.23. The summed E-state index contributed by atoms with van der Waals surface area (Å²) in [4.78, 5) is 25.1. The number of ether oxygens (including phenoxy) is 1. The molecule has 0 unspecified atom stereocenters. The number of carbonyl (C=O) groups is 2. The molecule has 0 spiro atoms. The van der Waals surface area contributed by atoms with Gasteiger partial charge in [0.2, 0.25) is 5.91 Å². The molecule has 0 aliphatic carbocycles. The fourth-order valence-corrected chi connectivity index (χ4v) is 1.75. The van der Waals surface area contributed by atoms with Crippen molar-refractivity contribution in [2.24, 2.45) is 5.92 Å². The van der Waals surface area contributed by atoms with Gasteiger partial charge in [0.15, 0.2) is 0 Å². The molecule has 0 saturated carbocycles. The molecule has 1 amide bonds. The molecule has 1 aromatic rings. The number of hydrogen-bond acceptors (Lipinski definition) is 3. The maximum atomic E-state index is 12.9. The number of hydrogen-bond donors (Lipinski definition) is 0. The van der Waals surface area contributed by atoms with E-state index in [9.17, 15) is 14.0 Å². The lowest BCUT2D eigenvalue weighted by molar-refractivity contribution is -0.150. The number of nitrogens with zero attached hydrogens (tertiary/aromatic N) is 1. The van der Waals surface area contributed by atoms with Gasteiger partial charge < -0.3 is 9.64 Å². The summed E-state index contributed by atoms with van der Waals surface area (Å²) < 4.78 is 17.7. The van der Waals surface area contributed by atoms with E-state index < -0.39 is 5.97 Å². The fraction of sp³-hybridized carbons (Fsp3) is 0.467. The molecule has 0 aromatic heterocycles. The summed E-state index contributed by atoms with van der Waals surface area (Å²) in [5, 5.41) is 0. The molecule has 0 saturated heterocycles. The molecule has 5 heteroatoms. The summed E-state index contributed by atoms with van der Waals surface area (Å²) in [6.45, 7) is 5.69. The lowest BCUT2D eigenvalue weighted by Crippen LogP contribution is -2.38. The number of rotatable bonds is 6. The Labute approximate surface area is 118 Å². The smallest absolute Gasteiger partial charge is 0.325 e.